The van der Waals surface area contributed by atoms with Gasteiger partial charge < -0.3 is 12.6 Å². The van der Waals surface area contributed by atoms with Gasteiger partial charge in [0.15, 0.2) is 0 Å². The van der Waals surface area contributed by atoms with E-state index in [4.69, 9.17) is 5.26 Å². The summed E-state index contributed by atoms with van der Waals surface area (Å²) in [5.41, 5.74) is 5.75. The van der Waals surface area contributed by atoms with E-state index in [0.717, 1.165) is 6.42 Å². The monoisotopic (exact) mass is 224 g/mol. The number of nitriles is 1. The molecule has 3 rings (SSSR count). The fraction of sp³-hybridized carbons (Fsp3) is 0.0714. The first kappa shape index (κ1) is 10.7. The lowest BCUT2D eigenvalue weighted by Crippen LogP contribution is -1.77. The molecule has 0 heterocycles. The number of hydrogen-bond donors (Lipinski definition) is 0. The summed E-state index contributed by atoms with van der Waals surface area (Å²) < 4.78 is 0. The zero-order valence-corrected chi connectivity index (χ0v) is 9.50. The highest BCUT2D eigenvalue weighted by atomic mass is 32.1. The second-order valence-corrected chi connectivity index (χ2v) is 3.76. The molecule has 0 unspecified atom stereocenters. The van der Waals surface area contributed by atoms with E-state index in [1.165, 1.54) is 27.7 Å². The Balaban J connectivity index is 0.000000292. The van der Waals surface area contributed by atoms with Crippen LogP contribution in [0.2, 0.25) is 0 Å². The van der Waals surface area contributed by atoms with Gasteiger partial charge in [-0.15, -0.1) is 0 Å². The van der Waals surface area contributed by atoms with E-state index in [2.05, 4.69) is 61.2 Å². The molecule has 0 saturated heterocycles. The molecule has 0 atom stereocenters. The maximum atomic E-state index is 7.13. The fourth-order valence-electron chi connectivity index (χ4n) is 2.08. The number of benzene rings is 2. The van der Waals surface area contributed by atoms with Crippen molar-refractivity contribution in [1.82, 2.24) is 0 Å². The third kappa shape index (κ3) is 1.91. The van der Waals surface area contributed by atoms with Gasteiger partial charge in [-0.1, -0.05) is 53.9 Å². The largest absolute Gasteiger partial charge is 0.696 e. The standard InChI is InChI=1S/C13H10.CHNS/c1-3-7-12-10(5-1)9-11-6-2-4-8-13(11)12;2-1-3/h1-8H,9H2;3H/p-1. The zero-order chi connectivity index (χ0) is 11.4. The molecule has 0 spiro atoms. The molecular formula is C14H10NS-. The summed E-state index contributed by atoms with van der Waals surface area (Å²) in [6, 6.07) is 17.3. The molecule has 0 aromatic heterocycles. The van der Waals surface area contributed by atoms with E-state index in [1.807, 2.05) is 0 Å². The van der Waals surface area contributed by atoms with Crippen molar-refractivity contribution in [3.63, 3.8) is 0 Å². The number of nitrogens with zero attached hydrogens (tertiary/aromatic N) is 1. The molecule has 2 heteroatoms. The molecule has 0 saturated carbocycles. The van der Waals surface area contributed by atoms with Crippen LogP contribution in [0, 0.1) is 10.7 Å². The van der Waals surface area contributed by atoms with Crippen LogP contribution >= 0.6 is 0 Å². The van der Waals surface area contributed by atoms with Gasteiger partial charge in [-0.2, -0.15) is 0 Å². The summed E-state index contributed by atoms with van der Waals surface area (Å²) in [4.78, 5) is 0. The lowest BCUT2D eigenvalue weighted by Gasteiger charge is -1.98. The van der Waals surface area contributed by atoms with Crippen molar-refractivity contribution in [3.8, 4) is 16.5 Å². The van der Waals surface area contributed by atoms with Gasteiger partial charge in [-0.25, -0.2) is 5.26 Å². The average molecular weight is 224 g/mol. The van der Waals surface area contributed by atoms with E-state index in [0.29, 0.717) is 0 Å². The Labute approximate surface area is 101 Å². The highest BCUT2D eigenvalue weighted by molar-refractivity contribution is 7.64. The highest BCUT2D eigenvalue weighted by Crippen LogP contribution is 2.35. The Hall–Kier alpha value is -1.85. The Bertz CT molecular complexity index is 497. The van der Waals surface area contributed by atoms with E-state index < -0.39 is 0 Å². The van der Waals surface area contributed by atoms with Crippen LogP contribution in [0.15, 0.2) is 48.5 Å². The van der Waals surface area contributed by atoms with E-state index in [-0.39, 0.29) is 0 Å². The second-order valence-electron chi connectivity index (χ2n) is 3.58. The minimum atomic E-state index is 1.10. The Kier molecular flexibility index (Phi) is 3.19. The van der Waals surface area contributed by atoms with Gasteiger partial charge in [0, 0.05) is 0 Å². The predicted octanol–water partition coefficient (Wildman–Crippen LogP) is 3.27. The summed E-state index contributed by atoms with van der Waals surface area (Å²) in [5, 5.41) is 8.47. The van der Waals surface area contributed by atoms with Gasteiger partial charge >= 0.3 is 0 Å². The van der Waals surface area contributed by atoms with Crippen molar-refractivity contribution in [1.29, 1.82) is 5.26 Å². The van der Waals surface area contributed by atoms with E-state index in [1.54, 1.807) is 0 Å². The SMILES string of the molecule is N#C[S-].c1ccc2c(c1)Cc1ccccc1-2. The molecule has 0 radical (unpaired) electrons. The van der Waals surface area contributed by atoms with Crippen LogP contribution in [0.25, 0.3) is 11.1 Å². The smallest absolute Gasteiger partial charge is 0.00135 e. The van der Waals surface area contributed by atoms with Gasteiger partial charge in [-0.05, 0) is 28.7 Å². The molecule has 16 heavy (non-hydrogen) atoms. The summed E-state index contributed by atoms with van der Waals surface area (Å²) in [6.07, 6.45) is 1.10. The summed E-state index contributed by atoms with van der Waals surface area (Å²) in [7, 11) is 0. The molecule has 78 valence electrons. The van der Waals surface area contributed by atoms with Gasteiger partial charge in [0.25, 0.3) is 0 Å². The first-order valence-electron chi connectivity index (χ1n) is 5.04. The van der Waals surface area contributed by atoms with Crippen molar-refractivity contribution in [3.05, 3.63) is 59.7 Å². The lowest BCUT2D eigenvalue weighted by atomic mass is 10.1. The lowest BCUT2D eigenvalue weighted by molar-refractivity contribution is 1.26. The molecule has 2 aromatic rings. The number of hydrogen-bond acceptors (Lipinski definition) is 2. The molecule has 0 aliphatic heterocycles. The molecule has 0 N–H and O–H groups in total. The molecule has 0 bridgehead atoms. The Morgan fingerprint density at radius 2 is 1.25 bits per heavy atom. The van der Waals surface area contributed by atoms with Gasteiger partial charge in [0.2, 0.25) is 0 Å². The quantitative estimate of drug-likeness (QED) is 0.432. The molecule has 0 fully saturated rings. The minimum Gasteiger partial charge on any atom is -0.696 e. The molecular weight excluding hydrogens is 214 g/mol. The highest BCUT2D eigenvalue weighted by Gasteiger charge is 2.15. The van der Waals surface area contributed by atoms with Crippen LogP contribution in [-0.2, 0) is 19.0 Å². The van der Waals surface area contributed by atoms with Crippen LogP contribution in [0.1, 0.15) is 11.1 Å². The third-order valence-electron chi connectivity index (χ3n) is 2.71. The van der Waals surface area contributed by atoms with Crippen LogP contribution in [-0.4, -0.2) is 0 Å². The Morgan fingerprint density at radius 3 is 1.69 bits per heavy atom. The van der Waals surface area contributed by atoms with Crippen molar-refractivity contribution < 1.29 is 0 Å². The average Bonchev–Trinajstić information content (AvgIpc) is 2.68. The normalized spacial score (nSPS) is 10.4. The molecule has 2 aromatic carbocycles. The second kappa shape index (κ2) is 4.78. The number of thiocyanates is 1. The van der Waals surface area contributed by atoms with Crippen LogP contribution in [0.3, 0.4) is 0 Å². The van der Waals surface area contributed by atoms with Crippen molar-refractivity contribution in [2.75, 3.05) is 0 Å². The van der Waals surface area contributed by atoms with Crippen molar-refractivity contribution in [2.45, 2.75) is 6.42 Å². The summed E-state index contributed by atoms with van der Waals surface area (Å²) >= 11 is 3.70. The molecule has 1 aliphatic rings. The van der Waals surface area contributed by atoms with Crippen LogP contribution in [0.5, 0.6) is 0 Å². The van der Waals surface area contributed by atoms with Crippen molar-refractivity contribution in [2.24, 2.45) is 0 Å². The first-order chi connectivity index (χ1) is 7.86. The topological polar surface area (TPSA) is 23.8 Å². The van der Waals surface area contributed by atoms with E-state index >= 15 is 0 Å². The summed E-state index contributed by atoms with van der Waals surface area (Å²) in [5.74, 6) is 0. The van der Waals surface area contributed by atoms with Gasteiger partial charge in [0.1, 0.15) is 0 Å². The number of fused-ring (bicyclic) bond motifs is 3. The van der Waals surface area contributed by atoms with Crippen LogP contribution in [0.4, 0.5) is 0 Å². The predicted molar refractivity (Wildman–Crippen MR) is 67.7 cm³/mol. The summed E-state index contributed by atoms with van der Waals surface area (Å²) in [6.45, 7) is 0. The zero-order valence-electron chi connectivity index (χ0n) is 8.68. The first-order valence-corrected chi connectivity index (χ1v) is 5.45. The van der Waals surface area contributed by atoms with Gasteiger partial charge in [-0.3, -0.25) is 0 Å². The van der Waals surface area contributed by atoms with Crippen molar-refractivity contribution >= 4 is 12.6 Å². The number of rotatable bonds is 0. The Morgan fingerprint density at radius 1 is 0.875 bits per heavy atom. The maximum absolute atomic E-state index is 7.13. The van der Waals surface area contributed by atoms with Crippen LogP contribution < -0.4 is 0 Å². The molecule has 1 nitrogen and oxygen atoms in total. The minimum absolute atomic E-state index is 1.10. The third-order valence-corrected chi connectivity index (χ3v) is 2.71. The maximum Gasteiger partial charge on any atom is -0.00135 e. The molecule has 0 amide bonds. The molecule has 1 aliphatic carbocycles. The fourth-order valence-corrected chi connectivity index (χ4v) is 2.08. The van der Waals surface area contributed by atoms with E-state index in [9.17, 15) is 0 Å². The van der Waals surface area contributed by atoms with Gasteiger partial charge in [0.05, 0.1) is 0 Å².